The van der Waals surface area contributed by atoms with Gasteiger partial charge in [-0.25, -0.2) is 4.99 Å². The molecule has 1 aliphatic heterocycles. The molecule has 0 radical (unpaired) electrons. The van der Waals surface area contributed by atoms with E-state index in [1.165, 1.54) is 11.1 Å². The zero-order chi connectivity index (χ0) is 17.6. The van der Waals surface area contributed by atoms with Gasteiger partial charge in [0.15, 0.2) is 0 Å². The van der Waals surface area contributed by atoms with Crippen LogP contribution < -0.4 is 0 Å². The summed E-state index contributed by atoms with van der Waals surface area (Å²) >= 11 is 0. The molecule has 1 heterocycles. The predicted octanol–water partition coefficient (Wildman–Crippen LogP) is 4.93. The van der Waals surface area contributed by atoms with Crippen molar-refractivity contribution >= 4 is 5.90 Å². The fourth-order valence-electron chi connectivity index (χ4n) is 3.55. The average Bonchev–Trinajstić information content (AvgIpc) is 3.20. The van der Waals surface area contributed by atoms with Gasteiger partial charge in [-0.3, -0.25) is 0 Å². The summed E-state index contributed by atoms with van der Waals surface area (Å²) < 4.78 is 5.96. The van der Waals surface area contributed by atoms with E-state index in [4.69, 9.17) is 9.73 Å². The Balaban J connectivity index is 1.57. The molecular weight excluding hydrogens is 318 g/mol. The second kappa shape index (κ2) is 8.01. The van der Waals surface area contributed by atoms with Gasteiger partial charge >= 0.3 is 0 Å². The smallest absolute Gasteiger partial charge is 0.216 e. The third kappa shape index (κ3) is 4.02. The molecule has 26 heavy (non-hydrogen) atoms. The molecule has 1 aliphatic rings. The molecule has 0 saturated heterocycles. The summed E-state index contributed by atoms with van der Waals surface area (Å²) in [6, 6.07) is 31.8. The molecular formula is C24H23NO. The van der Waals surface area contributed by atoms with Crippen LogP contribution in [0.2, 0.25) is 0 Å². The number of hydrogen-bond donors (Lipinski definition) is 0. The molecule has 0 unspecified atom stereocenters. The summed E-state index contributed by atoms with van der Waals surface area (Å²) in [6.07, 6.45) is 2.02. The van der Waals surface area contributed by atoms with Crippen molar-refractivity contribution in [3.8, 4) is 0 Å². The van der Waals surface area contributed by atoms with Gasteiger partial charge in [0.1, 0.15) is 6.61 Å². The maximum absolute atomic E-state index is 5.96. The Hall–Kier alpha value is -2.87. The lowest BCUT2D eigenvalue weighted by Gasteiger charge is -2.20. The van der Waals surface area contributed by atoms with Crippen LogP contribution in [-0.4, -0.2) is 18.5 Å². The van der Waals surface area contributed by atoms with Crippen molar-refractivity contribution in [1.82, 2.24) is 0 Å². The fraction of sp³-hybridized carbons (Fsp3) is 0.208. The molecule has 3 aromatic carbocycles. The predicted molar refractivity (Wildman–Crippen MR) is 107 cm³/mol. The SMILES string of the molecule is c1ccc(CC(Cc2ccccc2)[C@H]2COC(c3ccccc3)=N2)cc1. The summed E-state index contributed by atoms with van der Waals surface area (Å²) in [7, 11) is 0. The normalized spacial score (nSPS) is 16.3. The van der Waals surface area contributed by atoms with Crippen molar-refractivity contribution in [3.05, 3.63) is 108 Å². The van der Waals surface area contributed by atoms with E-state index in [1.54, 1.807) is 0 Å². The van der Waals surface area contributed by atoms with Crippen LogP contribution in [0.1, 0.15) is 16.7 Å². The van der Waals surface area contributed by atoms with Gasteiger partial charge in [-0.1, -0.05) is 78.9 Å². The molecule has 0 fully saturated rings. The van der Waals surface area contributed by atoms with E-state index in [0.717, 1.165) is 24.3 Å². The minimum absolute atomic E-state index is 0.186. The van der Waals surface area contributed by atoms with E-state index in [-0.39, 0.29) is 6.04 Å². The Labute approximate surface area is 155 Å². The number of aliphatic imine (C=N–C) groups is 1. The first-order valence-electron chi connectivity index (χ1n) is 9.22. The van der Waals surface area contributed by atoms with E-state index in [1.807, 2.05) is 18.2 Å². The minimum atomic E-state index is 0.186. The van der Waals surface area contributed by atoms with Gasteiger partial charge in [0, 0.05) is 5.56 Å². The van der Waals surface area contributed by atoms with Crippen molar-refractivity contribution in [1.29, 1.82) is 0 Å². The highest BCUT2D eigenvalue weighted by Crippen LogP contribution is 2.25. The van der Waals surface area contributed by atoms with Gasteiger partial charge < -0.3 is 4.74 Å². The number of benzene rings is 3. The zero-order valence-electron chi connectivity index (χ0n) is 14.8. The monoisotopic (exact) mass is 341 g/mol. The molecule has 2 nitrogen and oxygen atoms in total. The van der Waals surface area contributed by atoms with E-state index in [0.29, 0.717) is 12.5 Å². The van der Waals surface area contributed by atoms with E-state index in [9.17, 15) is 0 Å². The van der Waals surface area contributed by atoms with Crippen molar-refractivity contribution in [2.45, 2.75) is 18.9 Å². The van der Waals surface area contributed by atoms with Gasteiger partial charge in [0.25, 0.3) is 0 Å². The third-order valence-electron chi connectivity index (χ3n) is 4.92. The molecule has 4 rings (SSSR count). The standard InChI is InChI=1S/C24H23NO/c1-4-10-19(11-5-1)16-22(17-20-12-6-2-7-13-20)23-18-26-24(25-23)21-14-8-3-9-15-21/h1-15,22-23H,16-18H2/t23-/m1/s1. The van der Waals surface area contributed by atoms with Crippen molar-refractivity contribution < 1.29 is 4.74 Å². The Kier molecular flexibility index (Phi) is 5.11. The lowest BCUT2D eigenvalue weighted by Crippen LogP contribution is -2.24. The summed E-state index contributed by atoms with van der Waals surface area (Å²) in [5.41, 5.74) is 3.78. The van der Waals surface area contributed by atoms with Crippen LogP contribution in [0, 0.1) is 5.92 Å². The number of ether oxygens (including phenoxy) is 1. The first-order chi connectivity index (χ1) is 12.9. The van der Waals surface area contributed by atoms with Crippen molar-refractivity contribution in [2.75, 3.05) is 6.61 Å². The van der Waals surface area contributed by atoms with Gasteiger partial charge in [-0.05, 0) is 42.0 Å². The molecule has 130 valence electrons. The molecule has 0 bridgehead atoms. The molecule has 1 atom stereocenters. The van der Waals surface area contributed by atoms with Gasteiger partial charge in [0.2, 0.25) is 5.90 Å². The van der Waals surface area contributed by atoms with Gasteiger partial charge in [-0.2, -0.15) is 0 Å². The lowest BCUT2D eigenvalue weighted by atomic mass is 9.87. The van der Waals surface area contributed by atoms with E-state index in [2.05, 4.69) is 72.8 Å². The zero-order valence-corrected chi connectivity index (χ0v) is 14.8. The number of nitrogens with zero attached hydrogens (tertiary/aromatic N) is 1. The maximum Gasteiger partial charge on any atom is 0.216 e. The third-order valence-corrected chi connectivity index (χ3v) is 4.92. The van der Waals surface area contributed by atoms with Crippen LogP contribution in [-0.2, 0) is 17.6 Å². The van der Waals surface area contributed by atoms with Gasteiger partial charge in [0.05, 0.1) is 6.04 Å². The molecule has 0 spiro atoms. The van der Waals surface area contributed by atoms with Crippen LogP contribution in [0.3, 0.4) is 0 Å². The highest BCUT2D eigenvalue weighted by molar-refractivity contribution is 5.95. The Morgan fingerprint density at radius 1 is 0.731 bits per heavy atom. The van der Waals surface area contributed by atoms with Gasteiger partial charge in [-0.15, -0.1) is 0 Å². The number of rotatable bonds is 6. The van der Waals surface area contributed by atoms with E-state index >= 15 is 0 Å². The maximum atomic E-state index is 5.96. The van der Waals surface area contributed by atoms with Crippen LogP contribution in [0.25, 0.3) is 0 Å². The quantitative estimate of drug-likeness (QED) is 0.623. The molecule has 0 N–H and O–H groups in total. The summed E-state index contributed by atoms with van der Waals surface area (Å²) in [6.45, 7) is 0.661. The Morgan fingerprint density at radius 3 is 1.77 bits per heavy atom. The summed E-state index contributed by atoms with van der Waals surface area (Å²) in [5.74, 6) is 1.20. The lowest BCUT2D eigenvalue weighted by molar-refractivity contribution is 0.275. The van der Waals surface area contributed by atoms with E-state index < -0.39 is 0 Å². The van der Waals surface area contributed by atoms with Crippen molar-refractivity contribution in [3.63, 3.8) is 0 Å². The first kappa shape index (κ1) is 16.6. The first-order valence-corrected chi connectivity index (χ1v) is 9.22. The Bertz CT molecular complexity index is 802. The highest BCUT2D eigenvalue weighted by atomic mass is 16.5. The molecule has 2 heteroatoms. The van der Waals surface area contributed by atoms with Crippen LogP contribution in [0.5, 0.6) is 0 Å². The summed E-state index contributed by atoms with van der Waals surface area (Å²) in [4.78, 5) is 4.95. The van der Waals surface area contributed by atoms with Crippen LogP contribution >= 0.6 is 0 Å². The number of hydrogen-bond acceptors (Lipinski definition) is 2. The van der Waals surface area contributed by atoms with Crippen molar-refractivity contribution in [2.24, 2.45) is 10.9 Å². The largest absolute Gasteiger partial charge is 0.475 e. The van der Waals surface area contributed by atoms with Crippen LogP contribution in [0.4, 0.5) is 0 Å². The molecule has 0 saturated carbocycles. The second-order valence-electron chi connectivity index (χ2n) is 6.82. The minimum Gasteiger partial charge on any atom is -0.475 e. The topological polar surface area (TPSA) is 21.6 Å². The average molecular weight is 341 g/mol. The molecule has 0 amide bonds. The molecule has 0 aromatic heterocycles. The molecule has 3 aromatic rings. The molecule has 0 aliphatic carbocycles. The second-order valence-corrected chi connectivity index (χ2v) is 6.82. The summed E-state index contributed by atoms with van der Waals surface area (Å²) in [5, 5.41) is 0. The van der Waals surface area contributed by atoms with Crippen LogP contribution in [0.15, 0.2) is 96.0 Å². The fourth-order valence-corrected chi connectivity index (χ4v) is 3.55. The Morgan fingerprint density at radius 2 is 1.23 bits per heavy atom. The highest BCUT2D eigenvalue weighted by Gasteiger charge is 2.28.